The van der Waals surface area contributed by atoms with Crippen LogP contribution in [0.1, 0.15) is 36.0 Å². The van der Waals surface area contributed by atoms with Gasteiger partial charge in [-0.15, -0.1) is 0 Å². The van der Waals surface area contributed by atoms with Gasteiger partial charge in [-0.25, -0.2) is 21.6 Å². The first-order chi connectivity index (χ1) is 9.80. The van der Waals surface area contributed by atoms with E-state index in [0.717, 1.165) is 0 Å². The molecule has 0 spiro atoms. The van der Waals surface area contributed by atoms with Gasteiger partial charge >= 0.3 is 0 Å². The highest BCUT2D eigenvalue weighted by atomic mass is 32.2. The summed E-state index contributed by atoms with van der Waals surface area (Å²) in [5, 5.41) is -1.18. The van der Waals surface area contributed by atoms with E-state index < -0.39 is 55.1 Å². The molecule has 3 rings (SSSR count). The predicted molar refractivity (Wildman–Crippen MR) is 69.1 cm³/mol. The molecule has 2 heterocycles. The summed E-state index contributed by atoms with van der Waals surface area (Å²) in [7, 11) is -3.20. The molecule has 2 atom stereocenters. The van der Waals surface area contributed by atoms with E-state index in [1.807, 2.05) is 0 Å². The van der Waals surface area contributed by atoms with E-state index in [4.69, 9.17) is 0 Å². The van der Waals surface area contributed by atoms with Crippen molar-refractivity contribution in [3.05, 3.63) is 35.1 Å². The lowest BCUT2D eigenvalue weighted by atomic mass is 9.90. The third kappa shape index (κ3) is 2.27. The average molecular weight is 318 g/mol. The van der Waals surface area contributed by atoms with Gasteiger partial charge in [-0.3, -0.25) is 4.79 Å². The van der Waals surface area contributed by atoms with E-state index in [2.05, 4.69) is 0 Å². The second kappa shape index (κ2) is 4.83. The number of carbonyl (C=O) groups is 1. The largest absolute Gasteiger partial charge is 0.294 e. The van der Waals surface area contributed by atoms with Gasteiger partial charge < -0.3 is 0 Å². The molecule has 2 aliphatic rings. The number of hydrogen-bond acceptors (Lipinski definition) is 3. The van der Waals surface area contributed by atoms with Crippen LogP contribution in [0.15, 0.2) is 12.1 Å². The molecule has 1 aromatic rings. The minimum absolute atomic E-state index is 0.106. The molecule has 21 heavy (non-hydrogen) atoms. The maximum absolute atomic E-state index is 13.7. The molecular formula is C14H13F3O3S. The first kappa shape index (κ1) is 14.6. The van der Waals surface area contributed by atoms with Crippen molar-refractivity contribution in [1.82, 2.24) is 0 Å². The molecule has 2 saturated heterocycles. The topological polar surface area (TPSA) is 51.2 Å². The van der Waals surface area contributed by atoms with Crippen LogP contribution in [0.5, 0.6) is 0 Å². The predicted octanol–water partition coefficient (Wildman–Crippen LogP) is 2.64. The maximum atomic E-state index is 13.7. The van der Waals surface area contributed by atoms with E-state index in [0.29, 0.717) is 25.0 Å². The molecule has 0 aromatic heterocycles. The Balaban J connectivity index is 1.91. The fourth-order valence-electron chi connectivity index (χ4n) is 3.38. The van der Waals surface area contributed by atoms with E-state index in [1.165, 1.54) is 0 Å². The molecule has 2 fully saturated rings. The lowest BCUT2D eigenvalue weighted by molar-refractivity contribution is 0.0899. The molecule has 1 aromatic carbocycles. The zero-order chi connectivity index (χ0) is 15.4. The lowest BCUT2D eigenvalue weighted by Crippen LogP contribution is -2.36. The second-order valence-electron chi connectivity index (χ2n) is 5.69. The molecule has 2 bridgehead atoms. The first-order valence-electron chi connectivity index (χ1n) is 6.72. The molecule has 0 radical (unpaired) electrons. The molecule has 7 heteroatoms. The average Bonchev–Trinajstić information content (AvgIpc) is 2.62. The van der Waals surface area contributed by atoms with Crippen molar-refractivity contribution in [2.45, 2.75) is 36.2 Å². The third-order valence-electron chi connectivity index (χ3n) is 4.46. The fourth-order valence-corrected chi connectivity index (χ4v) is 5.85. The zero-order valence-electron chi connectivity index (χ0n) is 11.0. The lowest BCUT2D eigenvalue weighted by Gasteiger charge is -2.27. The number of rotatable bonds is 2. The zero-order valence-corrected chi connectivity index (χ0v) is 11.8. The van der Waals surface area contributed by atoms with Crippen molar-refractivity contribution < 1.29 is 26.4 Å². The Morgan fingerprint density at radius 1 is 1.05 bits per heavy atom. The van der Waals surface area contributed by atoms with E-state index in [-0.39, 0.29) is 12.8 Å². The Bertz CT molecular complexity index is 694. The standard InChI is InChI=1S/C14H13F3O3S/c15-8-5-11(13(17)12(16)6-8)14(18)7-3-9-1-2-10(4-7)21(9,19)20/h5-7,9-10H,1-4H2. The molecule has 114 valence electrons. The summed E-state index contributed by atoms with van der Waals surface area (Å²) >= 11 is 0. The van der Waals surface area contributed by atoms with Gasteiger partial charge in [0.1, 0.15) is 5.82 Å². The van der Waals surface area contributed by atoms with Gasteiger partial charge in [-0.2, -0.15) is 0 Å². The summed E-state index contributed by atoms with van der Waals surface area (Å²) in [6.45, 7) is 0. The highest BCUT2D eigenvalue weighted by Gasteiger charge is 2.48. The van der Waals surface area contributed by atoms with Crippen LogP contribution < -0.4 is 0 Å². The Morgan fingerprint density at radius 2 is 1.62 bits per heavy atom. The number of hydrogen-bond donors (Lipinski definition) is 0. The first-order valence-corrected chi connectivity index (χ1v) is 8.33. The van der Waals surface area contributed by atoms with Crippen LogP contribution in [-0.2, 0) is 9.84 Å². The Hall–Kier alpha value is -1.37. The molecular weight excluding hydrogens is 305 g/mol. The van der Waals surface area contributed by atoms with Gasteiger partial charge in [-0.1, -0.05) is 0 Å². The number of Topliss-reactive ketones (excluding diaryl/α,β-unsaturated/α-hetero) is 1. The number of carbonyl (C=O) groups excluding carboxylic acids is 1. The van der Waals surface area contributed by atoms with Gasteiger partial charge in [0, 0.05) is 12.0 Å². The quantitative estimate of drug-likeness (QED) is 0.622. The van der Waals surface area contributed by atoms with Gasteiger partial charge in [0.25, 0.3) is 0 Å². The van der Waals surface area contributed by atoms with Gasteiger partial charge in [0.2, 0.25) is 0 Å². The highest BCUT2D eigenvalue weighted by molar-refractivity contribution is 7.93. The fraction of sp³-hybridized carbons (Fsp3) is 0.500. The summed E-state index contributed by atoms with van der Waals surface area (Å²) in [6, 6.07) is 1.05. The number of sulfone groups is 1. The van der Waals surface area contributed by atoms with Gasteiger partial charge in [0.15, 0.2) is 27.3 Å². The van der Waals surface area contributed by atoms with Crippen molar-refractivity contribution >= 4 is 15.6 Å². The summed E-state index contributed by atoms with van der Waals surface area (Å²) < 4.78 is 63.9. The van der Waals surface area contributed by atoms with Gasteiger partial charge in [0.05, 0.1) is 16.1 Å². The maximum Gasteiger partial charge on any atom is 0.169 e. The molecule has 0 N–H and O–H groups in total. The van der Waals surface area contributed by atoms with Crippen LogP contribution in [0.4, 0.5) is 13.2 Å². The second-order valence-corrected chi connectivity index (χ2v) is 8.20. The number of ketones is 1. The monoisotopic (exact) mass is 318 g/mol. The van der Waals surface area contributed by atoms with E-state index in [1.54, 1.807) is 0 Å². The molecule has 2 aliphatic heterocycles. The summed E-state index contributed by atoms with van der Waals surface area (Å²) in [4.78, 5) is 12.3. The molecule has 0 aliphatic carbocycles. The highest BCUT2D eigenvalue weighted by Crippen LogP contribution is 2.42. The SMILES string of the molecule is O=C(c1cc(F)cc(F)c1F)C1CC2CCC(C1)S2(=O)=O. The minimum atomic E-state index is -3.20. The van der Waals surface area contributed by atoms with Crippen LogP contribution >= 0.6 is 0 Å². The number of halogens is 3. The van der Waals surface area contributed by atoms with Crippen LogP contribution in [0.3, 0.4) is 0 Å². The van der Waals surface area contributed by atoms with Crippen molar-refractivity contribution in [2.24, 2.45) is 5.92 Å². The minimum Gasteiger partial charge on any atom is -0.294 e. The third-order valence-corrected chi connectivity index (χ3v) is 7.18. The molecule has 2 unspecified atom stereocenters. The number of benzene rings is 1. The van der Waals surface area contributed by atoms with Gasteiger partial charge in [-0.05, 0) is 31.7 Å². The summed E-state index contributed by atoms with van der Waals surface area (Å²) in [6.07, 6.45) is 1.21. The molecule has 0 amide bonds. The summed E-state index contributed by atoms with van der Waals surface area (Å²) in [5.41, 5.74) is -0.629. The van der Waals surface area contributed by atoms with Crippen molar-refractivity contribution in [1.29, 1.82) is 0 Å². The Kier molecular flexibility index (Phi) is 3.35. The van der Waals surface area contributed by atoms with Crippen LogP contribution in [-0.4, -0.2) is 24.7 Å². The van der Waals surface area contributed by atoms with Crippen molar-refractivity contribution in [3.63, 3.8) is 0 Å². The van der Waals surface area contributed by atoms with Crippen molar-refractivity contribution in [3.8, 4) is 0 Å². The molecule has 0 saturated carbocycles. The van der Waals surface area contributed by atoms with Crippen molar-refractivity contribution in [2.75, 3.05) is 0 Å². The van der Waals surface area contributed by atoms with Crippen LogP contribution in [0.25, 0.3) is 0 Å². The van der Waals surface area contributed by atoms with Crippen LogP contribution in [0, 0.1) is 23.4 Å². The van der Waals surface area contributed by atoms with E-state index >= 15 is 0 Å². The molecule has 3 nitrogen and oxygen atoms in total. The normalized spacial score (nSPS) is 30.3. The van der Waals surface area contributed by atoms with E-state index in [9.17, 15) is 26.4 Å². The Labute approximate surface area is 120 Å². The Morgan fingerprint density at radius 3 is 2.19 bits per heavy atom. The smallest absolute Gasteiger partial charge is 0.169 e. The van der Waals surface area contributed by atoms with Crippen LogP contribution in [0.2, 0.25) is 0 Å². The number of fused-ring (bicyclic) bond motifs is 2. The summed E-state index contributed by atoms with van der Waals surface area (Å²) in [5.74, 6) is -5.21.